The minimum atomic E-state index is 0.875. The smallest absolute Gasteiger partial charge is 0.168 e. The summed E-state index contributed by atoms with van der Waals surface area (Å²) >= 11 is 5.33. The molecule has 6 heteroatoms. The second kappa shape index (κ2) is 5.27. The highest BCUT2D eigenvalue weighted by molar-refractivity contribution is 9.10. The molecule has 4 nitrogen and oxygen atoms in total. The zero-order valence-electron chi connectivity index (χ0n) is 10.1. The lowest BCUT2D eigenvalue weighted by Gasteiger charge is -2.05. The molecular weight excluding hydrogens is 300 g/mol. The van der Waals surface area contributed by atoms with E-state index in [1.54, 1.807) is 11.8 Å². The Kier molecular flexibility index (Phi) is 3.93. The number of rotatable bonds is 4. The Morgan fingerprint density at radius 3 is 2.82 bits per heavy atom. The quantitative estimate of drug-likeness (QED) is 0.814. The molecule has 92 valence electrons. The first-order valence-corrected chi connectivity index (χ1v) is 7.23. The lowest BCUT2D eigenvalue weighted by atomic mass is 10.4. The highest BCUT2D eigenvalue weighted by Gasteiger charge is 2.13. The van der Waals surface area contributed by atoms with Crippen LogP contribution in [0.25, 0.3) is 0 Å². The number of nitrogens with zero attached hydrogens (tertiary/aromatic N) is 4. The van der Waals surface area contributed by atoms with Gasteiger partial charge in [-0.15, -0.1) is 0 Å². The summed E-state index contributed by atoms with van der Waals surface area (Å²) in [6.07, 6.45) is 3.78. The van der Waals surface area contributed by atoms with E-state index in [4.69, 9.17) is 0 Å². The van der Waals surface area contributed by atoms with Gasteiger partial charge in [-0.2, -0.15) is 5.10 Å². The monoisotopic (exact) mass is 314 g/mol. The number of thioether (sulfide) groups is 1. The van der Waals surface area contributed by atoms with Gasteiger partial charge in [-0.1, -0.05) is 11.8 Å². The Bertz CT molecular complexity index is 518. The van der Waals surface area contributed by atoms with E-state index in [0.717, 1.165) is 27.6 Å². The van der Waals surface area contributed by atoms with Crippen molar-refractivity contribution in [1.82, 2.24) is 19.3 Å². The Morgan fingerprint density at radius 1 is 1.47 bits per heavy atom. The first kappa shape index (κ1) is 12.7. The molecule has 2 rings (SSSR count). The summed E-state index contributed by atoms with van der Waals surface area (Å²) in [4.78, 5) is 4.30. The molecule has 2 aromatic rings. The van der Waals surface area contributed by atoms with Gasteiger partial charge in [-0.3, -0.25) is 4.68 Å². The highest BCUT2D eigenvalue weighted by Crippen LogP contribution is 2.27. The fraction of sp³-hybridized carbons (Fsp3) is 0.455. The third kappa shape index (κ3) is 2.57. The third-order valence-corrected chi connectivity index (χ3v) is 4.67. The highest BCUT2D eigenvalue weighted by atomic mass is 79.9. The van der Waals surface area contributed by atoms with E-state index in [9.17, 15) is 0 Å². The minimum Gasteiger partial charge on any atom is -0.329 e. The van der Waals surface area contributed by atoms with Crippen LogP contribution in [0, 0.1) is 6.92 Å². The van der Waals surface area contributed by atoms with Crippen molar-refractivity contribution in [3.05, 3.63) is 28.3 Å². The number of halogens is 1. The maximum Gasteiger partial charge on any atom is 0.168 e. The SMILES string of the molecule is CCn1nc(C)c(Br)c1CSc1nccn1C. The summed E-state index contributed by atoms with van der Waals surface area (Å²) in [5.74, 6) is 0.875. The van der Waals surface area contributed by atoms with E-state index in [0.29, 0.717) is 0 Å². The van der Waals surface area contributed by atoms with Crippen LogP contribution in [-0.4, -0.2) is 19.3 Å². The summed E-state index contributed by atoms with van der Waals surface area (Å²) in [5.41, 5.74) is 2.26. The second-order valence-electron chi connectivity index (χ2n) is 3.77. The molecule has 0 radical (unpaired) electrons. The molecule has 0 amide bonds. The van der Waals surface area contributed by atoms with Crippen LogP contribution < -0.4 is 0 Å². The molecule has 0 aliphatic rings. The van der Waals surface area contributed by atoms with Crippen molar-refractivity contribution in [2.45, 2.75) is 31.3 Å². The average molecular weight is 315 g/mol. The van der Waals surface area contributed by atoms with Crippen LogP contribution in [0.3, 0.4) is 0 Å². The van der Waals surface area contributed by atoms with Crippen LogP contribution in [0.15, 0.2) is 22.0 Å². The van der Waals surface area contributed by atoms with Gasteiger partial charge in [0.05, 0.1) is 15.9 Å². The predicted octanol–water partition coefficient (Wildman–Crippen LogP) is 3.00. The average Bonchev–Trinajstić information content (AvgIpc) is 2.83. The van der Waals surface area contributed by atoms with Crippen molar-refractivity contribution in [1.29, 1.82) is 0 Å². The molecule has 0 aromatic carbocycles. The molecule has 0 unspecified atom stereocenters. The summed E-state index contributed by atoms with van der Waals surface area (Å²) < 4.78 is 5.18. The van der Waals surface area contributed by atoms with E-state index >= 15 is 0 Å². The molecule has 17 heavy (non-hydrogen) atoms. The van der Waals surface area contributed by atoms with Gasteiger partial charge in [-0.05, 0) is 29.8 Å². The maximum atomic E-state index is 4.48. The van der Waals surface area contributed by atoms with Crippen molar-refractivity contribution in [2.75, 3.05) is 0 Å². The summed E-state index contributed by atoms with van der Waals surface area (Å²) in [6.45, 7) is 5.02. The van der Waals surface area contributed by atoms with E-state index in [1.807, 2.05) is 35.6 Å². The lowest BCUT2D eigenvalue weighted by molar-refractivity contribution is 0.631. The van der Waals surface area contributed by atoms with Crippen molar-refractivity contribution < 1.29 is 0 Å². The van der Waals surface area contributed by atoms with Gasteiger partial charge < -0.3 is 4.57 Å². The largest absolute Gasteiger partial charge is 0.329 e. The van der Waals surface area contributed by atoms with Gasteiger partial charge >= 0.3 is 0 Å². The van der Waals surface area contributed by atoms with E-state index in [-0.39, 0.29) is 0 Å². The molecule has 0 saturated heterocycles. The fourth-order valence-electron chi connectivity index (χ4n) is 1.63. The van der Waals surface area contributed by atoms with Gasteiger partial charge in [0.25, 0.3) is 0 Å². The minimum absolute atomic E-state index is 0.875. The molecule has 0 saturated carbocycles. The molecule has 0 bridgehead atoms. The normalized spacial score (nSPS) is 11.1. The van der Waals surface area contributed by atoms with Gasteiger partial charge in [0.1, 0.15) is 0 Å². The van der Waals surface area contributed by atoms with Gasteiger partial charge in [0, 0.05) is 31.7 Å². The maximum absolute atomic E-state index is 4.48. The van der Waals surface area contributed by atoms with Gasteiger partial charge in [0.15, 0.2) is 5.16 Å². The van der Waals surface area contributed by atoms with Crippen molar-refractivity contribution in [2.24, 2.45) is 7.05 Å². The molecule has 0 fully saturated rings. The Labute approximate surface area is 114 Å². The van der Waals surface area contributed by atoms with Crippen LogP contribution in [0.2, 0.25) is 0 Å². The Balaban J connectivity index is 2.16. The molecule has 2 aromatic heterocycles. The number of aromatic nitrogens is 4. The molecule has 0 atom stereocenters. The molecule has 2 heterocycles. The standard InChI is InChI=1S/C11H15BrN4S/c1-4-16-9(10(12)8(2)14-16)7-17-11-13-5-6-15(11)3/h5-6H,4,7H2,1-3H3. The van der Waals surface area contributed by atoms with Crippen molar-refractivity contribution in [3.63, 3.8) is 0 Å². The van der Waals surface area contributed by atoms with Crippen LogP contribution in [-0.2, 0) is 19.3 Å². The number of imidazole rings is 1. The number of hydrogen-bond acceptors (Lipinski definition) is 3. The summed E-state index contributed by atoms with van der Waals surface area (Å²) in [6, 6.07) is 0. The topological polar surface area (TPSA) is 35.6 Å². The van der Waals surface area contributed by atoms with Gasteiger partial charge in [-0.25, -0.2) is 4.98 Å². The van der Waals surface area contributed by atoms with Crippen LogP contribution in [0.1, 0.15) is 18.3 Å². The van der Waals surface area contributed by atoms with E-state index in [2.05, 4.69) is 32.9 Å². The lowest BCUT2D eigenvalue weighted by Crippen LogP contribution is -2.02. The van der Waals surface area contributed by atoms with Crippen LogP contribution in [0.4, 0.5) is 0 Å². The first-order valence-electron chi connectivity index (χ1n) is 5.45. The Morgan fingerprint density at radius 2 is 2.24 bits per heavy atom. The van der Waals surface area contributed by atoms with Gasteiger partial charge in [0.2, 0.25) is 0 Å². The second-order valence-corrected chi connectivity index (χ2v) is 5.51. The van der Waals surface area contributed by atoms with Crippen LogP contribution in [0.5, 0.6) is 0 Å². The molecule has 0 aliphatic heterocycles. The van der Waals surface area contributed by atoms with Crippen LogP contribution >= 0.6 is 27.7 Å². The van der Waals surface area contributed by atoms with E-state index < -0.39 is 0 Å². The molecule has 0 N–H and O–H groups in total. The zero-order chi connectivity index (χ0) is 12.4. The van der Waals surface area contributed by atoms with Crippen molar-refractivity contribution >= 4 is 27.7 Å². The van der Waals surface area contributed by atoms with Crippen molar-refractivity contribution in [3.8, 4) is 0 Å². The predicted molar refractivity (Wildman–Crippen MR) is 73.1 cm³/mol. The zero-order valence-corrected chi connectivity index (χ0v) is 12.5. The molecule has 0 spiro atoms. The fourth-order valence-corrected chi connectivity index (χ4v) is 3.20. The Hall–Kier alpha value is -0.750. The summed E-state index contributed by atoms with van der Waals surface area (Å²) in [7, 11) is 2.01. The number of hydrogen-bond donors (Lipinski definition) is 0. The summed E-state index contributed by atoms with van der Waals surface area (Å²) in [5, 5.41) is 5.51. The molecule has 0 aliphatic carbocycles. The number of aryl methyl sites for hydroxylation is 3. The third-order valence-electron chi connectivity index (χ3n) is 2.57. The van der Waals surface area contributed by atoms with E-state index in [1.165, 1.54) is 5.69 Å². The first-order chi connectivity index (χ1) is 8.13. The molecular formula is C11H15BrN4S.